The average molecular weight is 188 g/mol. The van der Waals surface area contributed by atoms with E-state index in [0.717, 1.165) is 0 Å². The molecule has 0 aliphatic heterocycles. The number of rotatable bonds is 5. The van der Waals surface area contributed by atoms with Crippen LogP contribution in [0.3, 0.4) is 0 Å². The topological polar surface area (TPSA) is 73.6 Å². The Morgan fingerprint density at radius 1 is 1.54 bits per heavy atom. The molecule has 6 heteroatoms. The molecule has 0 saturated heterocycles. The van der Waals surface area contributed by atoms with Crippen molar-refractivity contribution in [2.75, 3.05) is 14.2 Å². The molecule has 0 unspecified atom stereocenters. The number of methoxy groups -OCH3 is 1. The molecule has 0 saturated carbocycles. The Balaban J connectivity index is 4.17. The van der Waals surface area contributed by atoms with Gasteiger partial charge in [-0.25, -0.2) is 0 Å². The summed E-state index contributed by atoms with van der Waals surface area (Å²) < 4.78 is 9.36. The van der Waals surface area contributed by atoms with Crippen molar-refractivity contribution in [2.24, 2.45) is 5.73 Å². The van der Waals surface area contributed by atoms with Crippen molar-refractivity contribution >= 4 is 13.6 Å². The summed E-state index contributed by atoms with van der Waals surface area (Å²) in [6.45, 7) is 3.63. The predicted octanol–water partition coefficient (Wildman–Crippen LogP) is -1.23. The van der Waals surface area contributed by atoms with Crippen LogP contribution >= 0.6 is 0 Å². The van der Waals surface area contributed by atoms with E-state index in [-0.39, 0.29) is 0 Å². The van der Waals surface area contributed by atoms with Crippen LogP contribution in [0.1, 0.15) is 13.8 Å². The third-order valence-corrected chi connectivity index (χ3v) is 1.90. The summed E-state index contributed by atoms with van der Waals surface area (Å²) in [5.41, 5.74) is 5.12. The molecular formula is C7H17BN2O3. The van der Waals surface area contributed by atoms with Gasteiger partial charge >= 0.3 is 13.6 Å². The van der Waals surface area contributed by atoms with Crippen LogP contribution in [0.5, 0.6) is 0 Å². The van der Waals surface area contributed by atoms with Gasteiger partial charge in [0.15, 0.2) is 0 Å². The Morgan fingerprint density at radius 2 is 2.08 bits per heavy atom. The van der Waals surface area contributed by atoms with Gasteiger partial charge in [-0.2, -0.15) is 0 Å². The molecule has 0 aliphatic carbocycles. The maximum absolute atomic E-state index is 11.1. The van der Waals surface area contributed by atoms with Gasteiger partial charge in [0, 0.05) is 12.6 Å². The molecule has 0 aromatic rings. The van der Waals surface area contributed by atoms with E-state index in [9.17, 15) is 4.79 Å². The molecule has 3 N–H and O–H groups in total. The fourth-order valence-electron chi connectivity index (χ4n) is 0.790. The number of nitrogens with one attached hydrogen (secondary N) is 1. The third-order valence-electron chi connectivity index (χ3n) is 1.90. The summed E-state index contributed by atoms with van der Waals surface area (Å²) in [5, 5.41) is 2.98. The monoisotopic (exact) mass is 188 g/mol. The van der Waals surface area contributed by atoms with Crippen LogP contribution in [0.2, 0.25) is 0 Å². The summed E-state index contributed by atoms with van der Waals surface area (Å²) >= 11 is 0. The minimum Gasteiger partial charge on any atom is -0.468 e. The van der Waals surface area contributed by atoms with Crippen molar-refractivity contribution in [3.8, 4) is 0 Å². The maximum atomic E-state index is 11.1. The van der Waals surface area contributed by atoms with E-state index >= 15 is 0 Å². The third kappa shape index (κ3) is 3.76. The molecule has 0 rings (SSSR count). The first kappa shape index (κ1) is 12.4. The number of hydrogen-bond donors (Lipinski definition) is 2. The zero-order valence-electron chi connectivity index (χ0n) is 8.59. The molecule has 0 fully saturated rings. The van der Waals surface area contributed by atoms with Crippen LogP contribution in [-0.4, -0.2) is 39.4 Å². The lowest BCUT2D eigenvalue weighted by Crippen LogP contribution is -2.59. The van der Waals surface area contributed by atoms with E-state index < -0.39 is 17.6 Å². The standard InChI is InChI=1S/C7H17BN2O3/c1-7(2,10-8-13-4)5(9)6(11)12-3/h5,8,10H,9H2,1-4H3/t5-/m0/s1. The van der Waals surface area contributed by atoms with E-state index in [1.807, 2.05) is 13.8 Å². The van der Waals surface area contributed by atoms with Crippen molar-refractivity contribution in [3.05, 3.63) is 0 Å². The van der Waals surface area contributed by atoms with Crippen LogP contribution in [0.15, 0.2) is 0 Å². The maximum Gasteiger partial charge on any atom is 0.360 e. The smallest absolute Gasteiger partial charge is 0.360 e. The quantitative estimate of drug-likeness (QED) is 0.417. The van der Waals surface area contributed by atoms with Crippen molar-refractivity contribution in [3.63, 3.8) is 0 Å². The molecule has 0 heterocycles. The van der Waals surface area contributed by atoms with Crippen LogP contribution < -0.4 is 11.0 Å². The van der Waals surface area contributed by atoms with Crippen molar-refractivity contribution in [1.29, 1.82) is 0 Å². The fourth-order valence-corrected chi connectivity index (χ4v) is 0.790. The lowest BCUT2D eigenvalue weighted by Gasteiger charge is -2.30. The minimum atomic E-state index is -0.701. The number of carbonyl (C=O) groups is 1. The van der Waals surface area contributed by atoms with Gasteiger partial charge in [-0.05, 0) is 13.8 Å². The number of ether oxygens (including phenoxy) is 1. The SMILES string of the molecule is COBNC(C)(C)[C@@H](N)C(=O)OC. The second-order valence-electron chi connectivity index (χ2n) is 3.33. The number of hydrogen-bond acceptors (Lipinski definition) is 5. The summed E-state index contributed by atoms with van der Waals surface area (Å²) in [4.78, 5) is 11.1. The summed E-state index contributed by atoms with van der Waals surface area (Å²) in [7, 11) is 3.22. The molecular weight excluding hydrogens is 171 g/mol. The molecule has 76 valence electrons. The lowest BCUT2D eigenvalue weighted by molar-refractivity contribution is -0.143. The Labute approximate surface area is 79.3 Å². The number of nitrogens with two attached hydrogens (primary N) is 1. The zero-order valence-corrected chi connectivity index (χ0v) is 8.59. The highest BCUT2D eigenvalue weighted by atomic mass is 16.5. The van der Waals surface area contributed by atoms with Crippen LogP contribution in [0, 0.1) is 0 Å². The molecule has 0 aromatic heterocycles. The van der Waals surface area contributed by atoms with Gasteiger partial charge in [0.2, 0.25) is 0 Å². The highest BCUT2D eigenvalue weighted by molar-refractivity contribution is 6.23. The van der Waals surface area contributed by atoms with Crippen LogP contribution in [0.4, 0.5) is 0 Å². The van der Waals surface area contributed by atoms with Gasteiger partial charge in [-0.3, -0.25) is 4.79 Å². The van der Waals surface area contributed by atoms with Gasteiger partial charge in [0.05, 0.1) is 7.11 Å². The molecule has 1 atom stereocenters. The van der Waals surface area contributed by atoms with Crippen molar-refractivity contribution < 1.29 is 14.2 Å². The van der Waals surface area contributed by atoms with Gasteiger partial charge in [-0.15, -0.1) is 0 Å². The first-order valence-corrected chi connectivity index (χ1v) is 4.03. The summed E-state index contributed by atoms with van der Waals surface area (Å²) in [6, 6.07) is -0.701. The van der Waals surface area contributed by atoms with Crippen LogP contribution in [-0.2, 0) is 14.2 Å². The van der Waals surface area contributed by atoms with Gasteiger partial charge in [-0.1, -0.05) is 0 Å². The fraction of sp³-hybridized carbons (Fsp3) is 0.857. The van der Waals surface area contributed by atoms with Crippen molar-refractivity contribution in [1.82, 2.24) is 5.23 Å². The van der Waals surface area contributed by atoms with E-state index in [0.29, 0.717) is 7.62 Å². The average Bonchev–Trinajstić information content (AvgIpc) is 2.12. The summed E-state index contributed by atoms with van der Waals surface area (Å²) in [6.07, 6.45) is 0. The molecule has 0 aliphatic rings. The second kappa shape index (κ2) is 5.21. The molecule has 0 bridgehead atoms. The van der Waals surface area contributed by atoms with Gasteiger partial charge in [0.25, 0.3) is 0 Å². The molecule has 5 nitrogen and oxygen atoms in total. The van der Waals surface area contributed by atoms with E-state index in [2.05, 4.69) is 9.96 Å². The number of carbonyl (C=O) groups excluding carboxylic acids is 1. The normalized spacial score (nSPS) is 13.6. The zero-order chi connectivity index (χ0) is 10.5. The Hall–Kier alpha value is -0.585. The molecule has 0 amide bonds. The Morgan fingerprint density at radius 3 is 2.46 bits per heavy atom. The van der Waals surface area contributed by atoms with Crippen LogP contribution in [0.25, 0.3) is 0 Å². The first-order chi connectivity index (χ1) is 5.95. The first-order valence-electron chi connectivity index (χ1n) is 4.03. The van der Waals surface area contributed by atoms with Crippen molar-refractivity contribution in [2.45, 2.75) is 25.4 Å². The Bertz CT molecular complexity index is 175. The second-order valence-corrected chi connectivity index (χ2v) is 3.33. The summed E-state index contributed by atoms with van der Waals surface area (Å²) in [5.74, 6) is -0.436. The lowest BCUT2D eigenvalue weighted by atomic mass is 9.92. The minimum absolute atomic E-state index is 0.345. The molecule has 0 aromatic carbocycles. The molecule has 0 spiro atoms. The van der Waals surface area contributed by atoms with Gasteiger partial charge in [0.1, 0.15) is 6.04 Å². The largest absolute Gasteiger partial charge is 0.468 e. The Kier molecular flexibility index (Phi) is 4.98. The van der Waals surface area contributed by atoms with E-state index in [1.165, 1.54) is 7.11 Å². The van der Waals surface area contributed by atoms with E-state index in [4.69, 9.17) is 10.4 Å². The number of esters is 1. The predicted molar refractivity (Wildman–Crippen MR) is 51.4 cm³/mol. The van der Waals surface area contributed by atoms with Gasteiger partial charge < -0.3 is 20.4 Å². The molecule has 0 radical (unpaired) electrons. The highest BCUT2D eigenvalue weighted by Gasteiger charge is 2.32. The molecule has 13 heavy (non-hydrogen) atoms. The highest BCUT2D eigenvalue weighted by Crippen LogP contribution is 2.07. The van der Waals surface area contributed by atoms with E-state index in [1.54, 1.807) is 7.11 Å².